The van der Waals surface area contributed by atoms with Gasteiger partial charge in [0.1, 0.15) is 12.3 Å². The third kappa shape index (κ3) is 5.78. The van der Waals surface area contributed by atoms with Crippen molar-refractivity contribution in [1.29, 1.82) is 0 Å². The van der Waals surface area contributed by atoms with Crippen LogP contribution in [0, 0.1) is 20.8 Å². The molecule has 0 saturated heterocycles. The smallest absolute Gasteiger partial charge is 0.264 e. The van der Waals surface area contributed by atoms with Crippen LogP contribution < -0.4 is 14.5 Å². The Morgan fingerprint density at radius 1 is 0.974 bits per heavy atom. The van der Waals surface area contributed by atoms with Crippen molar-refractivity contribution >= 4 is 27.8 Å². The molecule has 0 aliphatic carbocycles. The average molecular weight is 531 g/mol. The van der Waals surface area contributed by atoms with Gasteiger partial charge < -0.3 is 9.30 Å². The number of carbonyl (C=O) groups is 1. The van der Waals surface area contributed by atoms with Crippen molar-refractivity contribution in [3.8, 4) is 11.4 Å². The maximum atomic E-state index is 13.5. The second kappa shape index (κ2) is 11.4. The zero-order valence-corrected chi connectivity index (χ0v) is 22.6. The lowest BCUT2D eigenvalue weighted by atomic mass is 10.2. The summed E-state index contributed by atoms with van der Waals surface area (Å²) in [4.78, 5) is 12.9. The Kier molecular flexibility index (Phi) is 7.97. The van der Waals surface area contributed by atoms with E-state index in [1.165, 1.54) is 19.2 Å². The molecule has 196 valence electrons. The molecule has 0 fully saturated rings. The van der Waals surface area contributed by atoms with Gasteiger partial charge in [-0.05, 0) is 80.9 Å². The van der Waals surface area contributed by atoms with Gasteiger partial charge in [0.25, 0.3) is 15.9 Å². The van der Waals surface area contributed by atoms with Gasteiger partial charge in [-0.3, -0.25) is 9.10 Å². The van der Waals surface area contributed by atoms with E-state index in [0.717, 1.165) is 32.5 Å². The van der Waals surface area contributed by atoms with Crippen molar-refractivity contribution in [2.24, 2.45) is 5.10 Å². The van der Waals surface area contributed by atoms with Crippen LogP contribution in [0.5, 0.6) is 5.75 Å². The number of hydrogen-bond donors (Lipinski definition) is 1. The second-order valence-electron chi connectivity index (χ2n) is 8.82. The molecule has 1 heterocycles. The van der Waals surface area contributed by atoms with Crippen molar-refractivity contribution in [3.63, 3.8) is 0 Å². The summed E-state index contributed by atoms with van der Waals surface area (Å²) >= 11 is 0. The highest BCUT2D eigenvalue weighted by atomic mass is 32.2. The lowest BCUT2D eigenvalue weighted by molar-refractivity contribution is -0.119. The second-order valence-corrected chi connectivity index (χ2v) is 10.7. The molecule has 8 nitrogen and oxygen atoms in total. The molecule has 0 saturated carbocycles. The Morgan fingerprint density at radius 2 is 1.68 bits per heavy atom. The normalized spacial score (nSPS) is 11.5. The van der Waals surface area contributed by atoms with Crippen molar-refractivity contribution in [3.05, 3.63) is 107 Å². The van der Waals surface area contributed by atoms with Gasteiger partial charge >= 0.3 is 0 Å². The fourth-order valence-electron chi connectivity index (χ4n) is 4.21. The number of nitrogens with zero attached hydrogens (tertiary/aromatic N) is 3. The molecule has 4 rings (SSSR count). The Morgan fingerprint density at radius 3 is 2.34 bits per heavy atom. The summed E-state index contributed by atoms with van der Waals surface area (Å²) in [5, 5.41) is 4.12. The van der Waals surface area contributed by atoms with Gasteiger partial charge in [-0.1, -0.05) is 30.3 Å². The molecular weight excluding hydrogens is 500 g/mol. The fraction of sp³-hybridized carbons (Fsp3) is 0.172. The molecule has 1 N–H and O–H groups in total. The number of aryl methyl sites for hydroxylation is 2. The first-order valence-corrected chi connectivity index (χ1v) is 13.4. The molecule has 1 amide bonds. The largest absolute Gasteiger partial charge is 0.497 e. The van der Waals surface area contributed by atoms with Crippen molar-refractivity contribution in [2.45, 2.75) is 25.7 Å². The third-order valence-electron chi connectivity index (χ3n) is 6.10. The van der Waals surface area contributed by atoms with E-state index < -0.39 is 22.5 Å². The maximum Gasteiger partial charge on any atom is 0.264 e. The monoisotopic (exact) mass is 530 g/mol. The SMILES string of the molecule is COc1ccc(S(=O)(=O)N(CC(=O)N/N=C/c2cc(C)n(-c3cccc(C)c3)c2C)c2ccccc2)cc1. The molecule has 1 aromatic heterocycles. The van der Waals surface area contributed by atoms with E-state index in [9.17, 15) is 13.2 Å². The summed E-state index contributed by atoms with van der Waals surface area (Å²) in [5.41, 5.74) is 7.89. The topological polar surface area (TPSA) is 93.0 Å². The molecule has 0 unspecified atom stereocenters. The number of carbonyl (C=O) groups excluding carboxylic acids is 1. The van der Waals surface area contributed by atoms with Gasteiger partial charge in [-0.2, -0.15) is 5.10 Å². The summed E-state index contributed by atoms with van der Waals surface area (Å²) < 4.78 is 35.2. The zero-order chi connectivity index (χ0) is 27.3. The predicted molar refractivity (Wildman–Crippen MR) is 150 cm³/mol. The highest BCUT2D eigenvalue weighted by Gasteiger charge is 2.27. The van der Waals surface area contributed by atoms with Crippen LogP contribution >= 0.6 is 0 Å². The van der Waals surface area contributed by atoms with Crippen LogP contribution in [0.2, 0.25) is 0 Å². The molecule has 9 heteroatoms. The highest BCUT2D eigenvalue weighted by molar-refractivity contribution is 7.92. The van der Waals surface area contributed by atoms with Crippen molar-refractivity contribution in [2.75, 3.05) is 18.0 Å². The summed E-state index contributed by atoms with van der Waals surface area (Å²) in [5.74, 6) is -0.0428. The van der Waals surface area contributed by atoms with E-state index in [1.807, 2.05) is 45.0 Å². The molecule has 3 aromatic carbocycles. The first-order valence-electron chi connectivity index (χ1n) is 12.0. The van der Waals surface area contributed by atoms with Crippen molar-refractivity contribution in [1.82, 2.24) is 9.99 Å². The number of sulfonamides is 1. The molecule has 0 atom stereocenters. The Bertz CT molecular complexity index is 1560. The number of rotatable bonds is 9. The first kappa shape index (κ1) is 26.7. The maximum absolute atomic E-state index is 13.5. The number of aromatic nitrogens is 1. The number of amides is 1. The predicted octanol–water partition coefficient (Wildman–Crippen LogP) is 4.76. The lowest BCUT2D eigenvalue weighted by Gasteiger charge is -2.23. The van der Waals surface area contributed by atoms with Gasteiger partial charge in [-0.15, -0.1) is 0 Å². The number of anilines is 1. The first-order chi connectivity index (χ1) is 18.2. The number of hydrogen-bond acceptors (Lipinski definition) is 5. The Hall–Kier alpha value is -4.37. The average Bonchev–Trinajstić information content (AvgIpc) is 3.20. The van der Waals surface area contributed by atoms with Gasteiger partial charge in [-0.25, -0.2) is 13.8 Å². The van der Waals surface area contributed by atoms with E-state index >= 15 is 0 Å². The van der Waals surface area contributed by atoms with Crippen molar-refractivity contribution < 1.29 is 17.9 Å². The van der Waals surface area contributed by atoms with E-state index in [1.54, 1.807) is 48.7 Å². The van der Waals surface area contributed by atoms with E-state index in [2.05, 4.69) is 21.2 Å². The van der Waals surface area contributed by atoms with Gasteiger partial charge in [0.2, 0.25) is 0 Å². The van der Waals surface area contributed by atoms with Gasteiger partial charge in [0.15, 0.2) is 0 Å². The summed E-state index contributed by atoms with van der Waals surface area (Å²) in [6.45, 7) is 5.59. The van der Waals surface area contributed by atoms with Crippen LogP contribution in [0.3, 0.4) is 0 Å². The molecule has 0 bridgehead atoms. The van der Waals surface area contributed by atoms with E-state index in [4.69, 9.17) is 4.74 Å². The quantitative estimate of drug-likeness (QED) is 0.250. The van der Waals surface area contributed by atoms with Crippen LogP contribution in [0.1, 0.15) is 22.5 Å². The third-order valence-corrected chi connectivity index (χ3v) is 7.89. The minimum atomic E-state index is -4.03. The number of nitrogens with one attached hydrogen (secondary N) is 1. The minimum Gasteiger partial charge on any atom is -0.497 e. The number of hydrazone groups is 1. The number of benzene rings is 3. The minimum absolute atomic E-state index is 0.0436. The summed E-state index contributed by atoms with van der Waals surface area (Å²) in [6, 6.07) is 24.7. The lowest BCUT2D eigenvalue weighted by Crippen LogP contribution is -2.39. The molecule has 0 aliphatic heterocycles. The van der Waals surface area contributed by atoms with Crippen LogP contribution in [0.4, 0.5) is 5.69 Å². The highest BCUT2D eigenvalue weighted by Crippen LogP contribution is 2.25. The van der Waals surface area contributed by atoms with Crippen LogP contribution in [0.25, 0.3) is 5.69 Å². The molecule has 0 aliphatic rings. The zero-order valence-electron chi connectivity index (χ0n) is 21.8. The number of ether oxygens (including phenoxy) is 1. The Balaban J connectivity index is 1.53. The molecular formula is C29H30N4O4S. The Labute approximate surface area is 223 Å². The standard InChI is InChI=1S/C29H30N4O4S/c1-21-9-8-12-26(17-21)33-22(2)18-24(23(33)3)19-30-31-29(34)20-32(25-10-6-5-7-11-25)38(35,36)28-15-13-27(37-4)14-16-28/h5-19H,20H2,1-4H3,(H,31,34)/b30-19+. The molecule has 0 radical (unpaired) electrons. The van der Waals surface area contributed by atoms with Crippen LogP contribution in [-0.4, -0.2) is 38.8 Å². The molecule has 4 aromatic rings. The van der Waals surface area contributed by atoms with E-state index in [-0.39, 0.29) is 4.90 Å². The van der Waals surface area contributed by atoms with Crippen LogP contribution in [-0.2, 0) is 14.8 Å². The number of methoxy groups -OCH3 is 1. The number of para-hydroxylation sites is 1. The van der Waals surface area contributed by atoms with Gasteiger partial charge in [0, 0.05) is 22.6 Å². The summed E-state index contributed by atoms with van der Waals surface area (Å²) in [7, 11) is -2.53. The summed E-state index contributed by atoms with van der Waals surface area (Å²) in [6.07, 6.45) is 1.57. The molecule has 0 spiro atoms. The van der Waals surface area contributed by atoms with E-state index in [0.29, 0.717) is 11.4 Å². The van der Waals surface area contributed by atoms with Crippen LogP contribution in [0.15, 0.2) is 94.9 Å². The fourth-order valence-corrected chi connectivity index (χ4v) is 5.63. The molecule has 38 heavy (non-hydrogen) atoms. The van der Waals surface area contributed by atoms with Gasteiger partial charge in [0.05, 0.1) is 23.9 Å².